The molecule has 1 N–H and O–H groups in total. The van der Waals surface area contributed by atoms with Crippen LogP contribution >= 0.6 is 0 Å². The maximum absolute atomic E-state index is 13.4. The Balaban J connectivity index is 1.47. The molecule has 0 atom stereocenters. The zero-order valence-corrected chi connectivity index (χ0v) is 22.1. The summed E-state index contributed by atoms with van der Waals surface area (Å²) in [4.78, 5) is 17.4. The van der Waals surface area contributed by atoms with E-state index >= 15 is 0 Å². The molecule has 1 amide bonds. The van der Waals surface area contributed by atoms with E-state index in [0.717, 1.165) is 16.5 Å². The number of halogens is 1. The molecule has 11 heteroatoms. The second-order valence-electron chi connectivity index (χ2n) is 9.13. The predicted octanol–water partition coefficient (Wildman–Crippen LogP) is 4.23. The number of amides is 1. The number of nitrogens with zero attached hydrogens (tertiary/aromatic N) is 5. The Hall–Kier alpha value is -4.82. The van der Waals surface area contributed by atoms with Crippen LogP contribution in [0.5, 0.6) is 0 Å². The topological polar surface area (TPSA) is 111 Å². The molecule has 5 rings (SSSR count). The molecule has 9 nitrogen and oxygen atoms in total. The predicted molar refractivity (Wildman–Crippen MR) is 144 cm³/mol. The largest absolute Gasteiger partial charge is 0.321 e. The number of carbonyl (C=O) groups is 1. The van der Waals surface area contributed by atoms with Gasteiger partial charge in [-0.25, -0.2) is 27.0 Å². The maximum atomic E-state index is 13.4. The highest BCUT2D eigenvalue weighted by Gasteiger charge is 2.22. The molecule has 2 aromatic carbocycles. The highest BCUT2D eigenvalue weighted by atomic mass is 32.2. The first kappa shape index (κ1) is 25.8. The Labute approximate surface area is 224 Å². The highest BCUT2D eigenvalue weighted by molar-refractivity contribution is 7.90. The van der Waals surface area contributed by atoms with Crippen molar-refractivity contribution >= 4 is 27.1 Å². The molecule has 0 fully saturated rings. The van der Waals surface area contributed by atoms with E-state index in [2.05, 4.69) is 32.3 Å². The van der Waals surface area contributed by atoms with Crippen LogP contribution in [0.25, 0.3) is 11.3 Å². The average Bonchev–Trinajstić information content (AvgIpc) is 3.53. The molecular formula is C28H23FN6O3S. The summed E-state index contributed by atoms with van der Waals surface area (Å²) in [6.45, 7) is 4.09. The fourth-order valence-electron chi connectivity index (χ4n) is 3.99. The van der Waals surface area contributed by atoms with Crippen molar-refractivity contribution in [1.82, 2.24) is 24.4 Å². The lowest BCUT2D eigenvalue weighted by Gasteiger charge is -2.11. The number of rotatable bonds is 5. The first-order valence-corrected chi connectivity index (χ1v) is 13.8. The zero-order valence-electron chi connectivity index (χ0n) is 21.3. The number of fused-ring (bicyclic) bond motifs is 1. The van der Waals surface area contributed by atoms with Crippen molar-refractivity contribution < 1.29 is 17.6 Å². The van der Waals surface area contributed by atoms with Gasteiger partial charge >= 0.3 is 0 Å². The summed E-state index contributed by atoms with van der Waals surface area (Å²) in [6, 6.07) is 15.3. The minimum atomic E-state index is -3.75. The van der Waals surface area contributed by atoms with E-state index in [4.69, 9.17) is 0 Å². The van der Waals surface area contributed by atoms with Gasteiger partial charge in [-0.15, -0.1) is 0 Å². The Bertz CT molecular complexity index is 1880. The lowest BCUT2D eigenvalue weighted by atomic mass is 9.96. The molecule has 39 heavy (non-hydrogen) atoms. The van der Waals surface area contributed by atoms with Crippen LogP contribution in [0.1, 0.15) is 47.1 Å². The van der Waals surface area contributed by atoms with Crippen molar-refractivity contribution in [2.24, 2.45) is 0 Å². The number of sulfone groups is 1. The zero-order chi connectivity index (χ0) is 27.7. The second-order valence-corrected chi connectivity index (χ2v) is 11.1. The number of hydrogen-bond acceptors (Lipinski definition) is 6. The summed E-state index contributed by atoms with van der Waals surface area (Å²) in [5.41, 5.74) is 3.65. The van der Waals surface area contributed by atoms with Crippen molar-refractivity contribution in [3.05, 3.63) is 101 Å². The Kier molecular flexibility index (Phi) is 6.72. The number of benzene rings is 2. The van der Waals surface area contributed by atoms with Gasteiger partial charge in [0.05, 0.1) is 11.9 Å². The van der Waals surface area contributed by atoms with Crippen LogP contribution in [0.3, 0.4) is 0 Å². The first-order valence-electron chi connectivity index (χ1n) is 11.9. The number of anilines is 1. The fraction of sp³-hybridized carbons (Fsp3) is 0.143. The SMILES string of the molecule is CC(C)c1ccc(NC(=O)c2cc(S(C)(=O)=O)n(-c3ccc(F)cc3)n2)cc1C#Cc1cnc2cccnn12. The van der Waals surface area contributed by atoms with Gasteiger partial charge in [0, 0.05) is 29.8 Å². The third-order valence-corrected chi connectivity index (χ3v) is 6.95. The van der Waals surface area contributed by atoms with Crippen LogP contribution < -0.4 is 5.32 Å². The maximum Gasteiger partial charge on any atom is 0.276 e. The van der Waals surface area contributed by atoms with Crippen LogP contribution in [0.15, 0.2) is 78.1 Å². The number of hydrogen-bond donors (Lipinski definition) is 1. The molecule has 196 valence electrons. The molecular weight excluding hydrogens is 519 g/mol. The molecule has 0 bridgehead atoms. The van der Waals surface area contributed by atoms with Gasteiger partial charge < -0.3 is 5.32 Å². The summed E-state index contributed by atoms with van der Waals surface area (Å²) in [5, 5.41) is 11.1. The minimum absolute atomic E-state index is 0.114. The van der Waals surface area contributed by atoms with E-state index in [-0.39, 0.29) is 16.6 Å². The van der Waals surface area contributed by atoms with Gasteiger partial charge in [0.15, 0.2) is 26.2 Å². The van der Waals surface area contributed by atoms with Gasteiger partial charge in [-0.3, -0.25) is 4.79 Å². The fourth-order valence-corrected chi connectivity index (χ4v) is 4.78. The van der Waals surface area contributed by atoms with Crippen LogP contribution in [0.2, 0.25) is 0 Å². The molecule has 0 spiro atoms. The van der Waals surface area contributed by atoms with Gasteiger partial charge in [0.2, 0.25) is 0 Å². The lowest BCUT2D eigenvalue weighted by Crippen LogP contribution is -2.13. The standard InChI is InChI=1S/C28H23FN6O3S/c1-18(2)24-13-9-21(15-19(24)6-10-23-17-30-26-5-4-14-31-34(23)26)32-28(36)25-16-27(39(3,37)38)35(33-25)22-11-7-20(29)8-12-22/h4-5,7-9,11-18H,1-3H3,(H,32,36). The quantitative estimate of drug-likeness (QED) is 0.333. The third kappa shape index (κ3) is 5.42. The van der Waals surface area contributed by atoms with Gasteiger partial charge in [-0.1, -0.05) is 25.8 Å². The molecule has 3 aromatic heterocycles. The smallest absolute Gasteiger partial charge is 0.276 e. The molecule has 0 unspecified atom stereocenters. The second kappa shape index (κ2) is 10.2. The monoisotopic (exact) mass is 542 g/mol. The molecule has 3 heterocycles. The lowest BCUT2D eigenvalue weighted by molar-refractivity contribution is 0.102. The van der Waals surface area contributed by atoms with Crippen molar-refractivity contribution in [2.45, 2.75) is 24.8 Å². The molecule has 0 aliphatic rings. The summed E-state index contributed by atoms with van der Waals surface area (Å²) in [7, 11) is -3.75. The van der Waals surface area contributed by atoms with Crippen LogP contribution in [-0.2, 0) is 9.84 Å². The third-order valence-electron chi connectivity index (χ3n) is 5.90. The van der Waals surface area contributed by atoms with Crippen molar-refractivity contribution in [1.29, 1.82) is 0 Å². The molecule has 0 saturated carbocycles. The molecule has 5 aromatic rings. The van der Waals surface area contributed by atoms with E-state index in [0.29, 0.717) is 28.3 Å². The molecule has 0 aliphatic carbocycles. The number of carbonyl (C=O) groups excluding carboxylic acids is 1. The van der Waals surface area contributed by atoms with Crippen molar-refractivity contribution in [3.63, 3.8) is 0 Å². The van der Waals surface area contributed by atoms with Crippen LogP contribution in [0, 0.1) is 17.7 Å². The Morgan fingerprint density at radius 1 is 1.05 bits per heavy atom. The van der Waals surface area contributed by atoms with Gasteiger partial charge in [0.1, 0.15) is 11.5 Å². The number of nitrogens with one attached hydrogen (secondary N) is 1. The van der Waals surface area contributed by atoms with Crippen LogP contribution in [-0.4, -0.2) is 45.0 Å². The summed E-state index contributed by atoms with van der Waals surface area (Å²) in [6.07, 6.45) is 4.32. The molecule has 0 saturated heterocycles. The highest BCUT2D eigenvalue weighted by Crippen LogP contribution is 2.24. The van der Waals surface area contributed by atoms with E-state index in [1.165, 1.54) is 30.3 Å². The van der Waals surface area contributed by atoms with Gasteiger partial charge in [-0.2, -0.15) is 10.2 Å². The van der Waals surface area contributed by atoms with Crippen molar-refractivity contribution in [3.8, 4) is 17.5 Å². The van der Waals surface area contributed by atoms with E-state index in [9.17, 15) is 17.6 Å². The number of imidazole rings is 1. The normalized spacial score (nSPS) is 11.4. The molecule has 0 aliphatic heterocycles. The Morgan fingerprint density at radius 2 is 1.82 bits per heavy atom. The minimum Gasteiger partial charge on any atom is -0.321 e. The Morgan fingerprint density at radius 3 is 2.54 bits per heavy atom. The first-order chi connectivity index (χ1) is 18.6. The summed E-state index contributed by atoms with van der Waals surface area (Å²) in [5.74, 6) is 5.36. The molecule has 0 radical (unpaired) electrons. The summed E-state index contributed by atoms with van der Waals surface area (Å²) >= 11 is 0. The van der Waals surface area contributed by atoms with Crippen LogP contribution in [0.4, 0.5) is 10.1 Å². The average molecular weight is 543 g/mol. The summed E-state index contributed by atoms with van der Waals surface area (Å²) < 4.78 is 40.9. The van der Waals surface area contributed by atoms with E-state index in [1.54, 1.807) is 35.1 Å². The van der Waals surface area contributed by atoms with E-state index in [1.807, 2.05) is 26.0 Å². The number of aromatic nitrogens is 5. The van der Waals surface area contributed by atoms with Crippen molar-refractivity contribution in [2.75, 3.05) is 11.6 Å². The van der Waals surface area contributed by atoms with Gasteiger partial charge in [0.25, 0.3) is 5.91 Å². The van der Waals surface area contributed by atoms with E-state index < -0.39 is 21.6 Å². The van der Waals surface area contributed by atoms with Gasteiger partial charge in [-0.05, 0) is 65.9 Å².